The van der Waals surface area contributed by atoms with Crippen LogP contribution in [0, 0.1) is 0 Å². The molecule has 6 nitrogen and oxygen atoms in total. The van der Waals surface area contributed by atoms with Crippen LogP contribution >= 0.6 is 23.1 Å². The maximum absolute atomic E-state index is 11.0. The van der Waals surface area contributed by atoms with Crippen molar-refractivity contribution >= 4 is 29.1 Å². The summed E-state index contributed by atoms with van der Waals surface area (Å²) in [5.41, 5.74) is 0.625. The number of hydrogen-bond donors (Lipinski definition) is 1. The third-order valence-electron chi connectivity index (χ3n) is 2.39. The van der Waals surface area contributed by atoms with Crippen LogP contribution in [0.1, 0.15) is 5.69 Å². The molecule has 1 N–H and O–H groups in total. The van der Waals surface area contributed by atoms with Crippen molar-refractivity contribution in [3.8, 4) is 0 Å². The Morgan fingerprint density at radius 1 is 1.75 bits per heavy atom. The first-order valence-electron chi connectivity index (χ1n) is 4.70. The van der Waals surface area contributed by atoms with Crippen molar-refractivity contribution in [3.63, 3.8) is 0 Å². The smallest absolute Gasteiger partial charge is 0.323 e. The van der Waals surface area contributed by atoms with E-state index < -0.39 is 12.0 Å². The lowest BCUT2D eigenvalue weighted by Crippen LogP contribution is -2.49. The molecule has 88 valence electrons. The zero-order valence-corrected chi connectivity index (χ0v) is 9.87. The van der Waals surface area contributed by atoms with Crippen molar-refractivity contribution in [1.29, 1.82) is 0 Å². The molecular formula is C8H10ClN3O3S. The second-order valence-corrected chi connectivity index (χ2v) is 4.75. The average Bonchev–Trinajstić information content (AvgIpc) is 2.65. The maximum atomic E-state index is 11.0. The number of aromatic nitrogens is 2. The third-order valence-corrected chi connectivity index (χ3v) is 3.37. The van der Waals surface area contributed by atoms with Crippen LogP contribution in [0.4, 0.5) is 0 Å². The molecule has 2 rings (SSSR count). The molecule has 0 saturated carbocycles. The molecule has 0 aromatic carbocycles. The monoisotopic (exact) mass is 263 g/mol. The second-order valence-electron chi connectivity index (χ2n) is 3.39. The number of hydrogen-bond acceptors (Lipinski definition) is 6. The number of carboxylic acids is 1. The third kappa shape index (κ3) is 2.49. The predicted octanol–water partition coefficient (Wildman–Crippen LogP) is 0.477. The number of morpholine rings is 1. The van der Waals surface area contributed by atoms with E-state index in [1.165, 1.54) is 0 Å². The first-order valence-corrected chi connectivity index (χ1v) is 5.85. The summed E-state index contributed by atoms with van der Waals surface area (Å²) in [5.74, 6) is -0.890. The molecule has 1 aliphatic rings. The van der Waals surface area contributed by atoms with E-state index in [-0.39, 0.29) is 6.61 Å². The lowest BCUT2D eigenvalue weighted by atomic mass is 10.2. The molecule has 2 heterocycles. The molecule has 0 amide bonds. The van der Waals surface area contributed by atoms with Gasteiger partial charge < -0.3 is 9.84 Å². The van der Waals surface area contributed by atoms with Gasteiger partial charge in [0.25, 0.3) is 0 Å². The predicted molar refractivity (Wildman–Crippen MR) is 57.6 cm³/mol. The van der Waals surface area contributed by atoms with E-state index in [2.05, 4.69) is 9.59 Å². The molecule has 8 heteroatoms. The standard InChI is InChI=1S/C8H10ClN3O3S/c9-7-5(10-11-16-7)3-12-1-2-15-4-6(12)8(13)14/h6H,1-4H2,(H,13,14). The lowest BCUT2D eigenvalue weighted by Gasteiger charge is -2.32. The van der Waals surface area contributed by atoms with Gasteiger partial charge in [-0.25, -0.2) is 0 Å². The zero-order chi connectivity index (χ0) is 11.5. The quantitative estimate of drug-likeness (QED) is 0.855. The van der Waals surface area contributed by atoms with Gasteiger partial charge in [-0.3, -0.25) is 9.69 Å². The fourth-order valence-corrected chi connectivity index (χ4v) is 2.15. The average molecular weight is 264 g/mol. The van der Waals surface area contributed by atoms with Crippen molar-refractivity contribution in [1.82, 2.24) is 14.5 Å². The summed E-state index contributed by atoms with van der Waals surface area (Å²) in [6.07, 6.45) is 0. The number of carbonyl (C=O) groups is 1. The molecule has 1 saturated heterocycles. The number of halogens is 1. The Balaban J connectivity index is 2.07. The molecule has 1 aliphatic heterocycles. The van der Waals surface area contributed by atoms with Crippen LogP contribution < -0.4 is 0 Å². The van der Waals surface area contributed by atoms with Gasteiger partial charge in [0, 0.05) is 24.6 Å². The van der Waals surface area contributed by atoms with Gasteiger partial charge in [0.05, 0.1) is 13.2 Å². The molecule has 0 aliphatic carbocycles. The minimum atomic E-state index is -0.890. The summed E-state index contributed by atoms with van der Waals surface area (Å²) in [4.78, 5) is 12.8. The van der Waals surface area contributed by atoms with E-state index in [9.17, 15) is 4.79 Å². The van der Waals surface area contributed by atoms with Gasteiger partial charge >= 0.3 is 5.97 Å². The van der Waals surface area contributed by atoms with Crippen molar-refractivity contribution in [3.05, 3.63) is 10.0 Å². The van der Waals surface area contributed by atoms with Crippen LogP contribution in [-0.2, 0) is 16.1 Å². The minimum absolute atomic E-state index is 0.199. The van der Waals surface area contributed by atoms with Gasteiger partial charge in [0.15, 0.2) is 0 Å². The molecule has 1 unspecified atom stereocenters. The first kappa shape index (κ1) is 11.7. The summed E-state index contributed by atoms with van der Waals surface area (Å²) in [7, 11) is 0. The van der Waals surface area contributed by atoms with Crippen molar-refractivity contribution in [2.75, 3.05) is 19.8 Å². The Hall–Kier alpha value is -0.760. The molecule has 1 aromatic rings. The molecule has 0 spiro atoms. The summed E-state index contributed by atoms with van der Waals surface area (Å²) in [5, 5.41) is 12.9. The molecule has 0 radical (unpaired) electrons. The van der Waals surface area contributed by atoms with E-state index in [4.69, 9.17) is 21.4 Å². The Morgan fingerprint density at radius 3 is 3.19 bits per heavy atom. The molecule has 16 heavy (non-hydrogen) atoms. The highest BCUT2D eigenvalue weighted by molar-refractivity contribution is 7.10. The van der Waals surface area contributed by atoms with Crippen LogP contribution in [0.5, 0.6) is 0 Å². The summed E-state index contributed by atoms with van der Waals surface area (Å²) in [6.45, 7) is 1.68. The van der Waals surface area contributed by atoms with Gasteiger partial charge in [0.1, 0.15) is 16.1 Å². The van der Waals surface area contributed by atoms with E-state index in [0.29, 0.717) is 29.7 Å². The Morgan fingerprint density at radius 2 is 2.56 bits per heavy atom. The number of nitrogens with zero attached hydrogens (tertiary/aromatic N) is 3. The van der Waals surface area contributed by atoms with Gasteiger partial charge in [0.2, 0.25) is 0 Å². The number of carboxylic acid groups (broad SMARTS) is 1. The van der Waals surface area contributed by atoms with Gasteiger partial charge in [-0.15, -0.1) is 5.10 Å². The normalized spacial score (nSPS) is 22.2. The van der Waals surface area contributed by atoms with E-state index in [1.54, 1.807) is 4.90 Å². The molecule has 0 bridgehead atoms. The van der Waals surface area contributed by atoms with Crippen molar-refractivity contribution < 1.29 is 14.6 Å². The topological polar surface area (TPSA) is 75.6 Å². The summed E-state index contributed by atoms with van der Waals surface area (Å²) >= 11 is 6.98. The van der Waals surface area contributed by atoms with E-state index >= 15 is 0 Å². The molecule has 1 fully saturated rings. The molecular weight excluding hydrogens is 254 g/mol. The van der Waals surface area contributed by atoms with Gasteiger partial charge in [-0.1, -0.05) is 16.1 Å². The van der Waals surface area contributed by atoms with E-state index in [0.717, 1.165) is 11.5 Å². The Labute approximate surface area is 101 Å². The highest BCUT2D eigenvalue weighted by Crippen LogP contribution is 2.20. The number of ether oxygens (including phenoxy) is 1. The van der Waals surface area contributed by atoms with Gasteiger partial charge in [-0.2, -0.15) is 0 Å². The van der Waals surface area contributed by atoms with Crippen LogP contribution in [0.25, 0.3) is 0 Å². The van der Waals surface area contributed by atoms with Crippen molar-refractivity contribution in [2.24, 2.45) is 0 Å². The number of aliphatic carboxylic acids is 1. The summed E-state index contributed by atoms with van der Waals surface area (Å²) < 4.78 is 9.36. The maximum Gasteiger partial charge on any atom is 0.323 e. The lowest BCUT2D eigenvalue weighted by molar-refractivity contribution is -0.150. The molecule has 1 atom stereocenters. The van der Waals surface area contributed by atoms with Crippen LogP contribution in [0.15, 0.2) is 0 Å². The Bertz CT molecular complexity index is 386. The van der Waals surface area contributed by atoms with Crippen LogP contribution in [0.3, 0.4) is 0 Å². The van der Waals surface area contributed by atoms with E-state index in [1.807, 2.05) is 0 Å². The highest BCUT2D eigenvalue weighted by Gasteiger charge is 2.30. The largest absolute Gasteiger partial charge is 0.480 e. The van der Waals surface area contributed by atoms with Crippen LogP contribution in [-0.4, -0.2) is 51.4 Å². The minimum Gasteiger partial charge on any atom is -0.480 e. The zero-order valence-electron chi connectivity index (χ0n) is 8.30. The van der Waals surface area contributed by atoms with Crippen molar-refractivity contribution in [2.45, 2.75) is 12.6 Å². The van der Waals surface area contributed by atoms with Gasteiger partial charge in [-0.05, 0) is 0 Å². The SMILES string of the molecule is O=C(O)C1COCCN1Cc1nnsc1Cl. The fraction of sp³-hybridized carbons (Fsp3) is 0.625. The number of rotatable bonds is 3. The first-order chi connectivity index (χ1) is 7.68. The molecule has 1 aromatic heterocycles. The fourth-order valence-electron chi connectivity index (χ4n) is 1.54. The Kier molecular flexibility index (Phi) is 3.70. The summed E-state index contributed by atoms with van der Waals surface area (Å²) in [6, 6.07) is -0.633. The van der Waals surface area contributed by atoms with Crippen LogP contribution in [0.2, 0.25) is 4.34 Å². The highest BCUT2D eigenvalue weighted by atomic mass is 35.5. The second kappa shape index (κ2) is 5.05.